The Morgan fingerprint density at radius 1 is 1.33 bits per heavy atom. The lowest BCUT2D eigenvalue weighted by Gasteiger charge is -2.29. The molecule has 1 aromatic rings. The molecule has 116 valence electrons. The molecular weight excluding hydrogens is 356 g/mol. The van der Waals surface area contributed by atoms with Gasteiger partial charge in [-0.3, -0.25) is 4.79 Å². The number of rotatable bonds is 3. The average molecular weight is 375 g/mol. The van der Waals surface area contributed by atoms with Gasteiger partial charge in [-0.25, -0.2) is 8.42 Å². The fourth-order valence-corrected chi connectivity index (χ4v) is 4.08. The Bertz CT molecular complexity index is 641. The molecule has 21 heavy (non-hydrogen) atoms. The van der Waals surface area contributed by atoms with E-state index in [0.29, 0.717) is 19.5 Å². The fourth-order valence-electron chi connectivity index (χ4n) is 2.38. The summed E-state index contributed by atoms with van der Waals surface area (Å²) in [7, 11) is -3.76. The molecule has 0 spiro atoms. The van der Waals surface area contributed by atoms with Gasteiger partial charge in [-0.1, -0.05) is 15.9 Å². The van der Waals surface area contributed by atoms with E-state index in [1.807, 2.05) is 0 Å². The van der Waals surface area contributed by atoms with Gasteiger partial charge in [0.1, 0.15) is 4.75 Å². The maximum absolute atomic E-state index is 12.8. The molecule has 7 heteroatoms. The van der Waals surface area contributed by atoms with Crippen LogP contribution in [0.2, 0.25) is 0 Å². The summed E-state index contributed by atoms with van der Waals surface area (Å²) in [4.78, 5) is 14.3. The van der Waals surface area contributed by atoms with Gasteiger partial charge in [-0.05, 0) is 44.5 Å². The van der Waals surface area contributed by atoms with Crippen LogP contribution in [-0.2, 0) is 14.6 Å². The molecule has 0 aliphatic carbocycles. The van der Waals surface area contributed by atoms with Gasteiger partial charge in [0.2, 0.25) is 5.91 Å². The van der Waals surface area contributed by atoms with E-state index >= 15 is 0 Å². The summed E-state index contributed by atoms with van der Waals surface area (Å²) in [5.41, 5.74) is 5.79. The summed E-state index contributed by atoms with van der Waals surface area (Å²) >= 11 is 3.27. The predicted molar refractivity (Wildman–Crippen MR) is 84.6 cm³/mol. The first-order chi connectivity index (χ1) is 9.66. The van der Waals surface area contributed by atoms with Crippen molar-refractivity contribution in [2.45, 2.75) is 36.0 Å². The number of nitrogens with two attached hydrogens (primary N) is 1. The Kier molecular flexibility index (Phi) is 4.46. The van der Waals surface area contributed by atoms with Crippen LogP contribution < -0.4 is 5.73 Å². The van der Waals surface area contributed by atoms with E-state index in [9.17, 15) is 13.2 Å². The van der Waals surface area contributed by atoms with E-state index in [-0.39, 0.29) is 10.9 Å². The Hall–Kier alpha value is -0.920. The van der Waals surface area contributed by atoms with E-state index in [2.05, 4.69) is 15.9 Å². The number of likely N-dealkylation sites (tertiary alicyclic amines) is 1. The highest BCUT2D eigenvalue weighted by molar-refractivity contribution is 9.10. The number of benzene rings is 1. The van der Waals surface area contributed by atoms with Crippen molar-refractivity contribution in [2.24, 2.45) is 5.73 Å². The molecule has 5 nitrogen and oxygen atoms in total. The minimum atomic E-state index is -3.76. The normalized spacial score (nSPS) is 19.8. The van der Waals surface area contributed by atoms with Crippen molar-refractivity contribution in [1.82, 2.24) is 4.90 Å². The van der Waals surface area contributed by atoms with Gasteiger partial charge in [0, 0.05) is 23.6 Å². The Morgan fingerprint density at radius 3 is 2.38 bits per heavy atom. The summed E-state index contributed by atoms with van der Waals surface area (Å²) in [5, 5.41) is 0. The molecule has 1 aliphatic heterocycles. The third-order valence-electron chi connectivity index (χ3n) is 3.82. The lowest BCUT2D eigenvalue weighted by atomic mass is 10.2. The maximum atomic E-state index is 12.8. The molecule has 1 saturated heterocycles. The van der Waals surface area contributed by atoms with E-state index < -0.39 is 20.5 Å². The molecule has 0 unspecified atom stereocenters. The van der Waals surface area contributed by atoms with Crippen LogP contribution in [0.25, 0.3) is 0 Å². The zero-order valence-electron chi connectivity index (χ0n) is 12.0. The van der Waals surface area contributed by atoms with Crippen molar-refractivity contribution in [2.75, 3.05) is 13.1 Å². The summed E-state index contributed by atoms with van der Waals surface area (Å²) in [6.45, 7) is 3.84. The fraction of sp³-hybridized carbons (Fsp3) is 0.500. The number of hydrogen-bond acceptors (Lipinski definition) is 4. The molecule has 0 saturated carbocycles. The number of nitrogens with zero attached hydrogens (tertiary/aromatic N) is 1. The number of sulfone groups is 1. The van der Waals surface area contributed by atoms with Crippen LogP contribution in [0.4, 0.5) is 0 Å². The van der Waals surface area contributed by atoms with Crippen LogP contribution in [-0.4, -0.2) is 43.1 Å². The molecule has 0 radical (unpaired) electrons. The number of amides is 1. The first-order valence-corrected chi connectivity index (χ1v) is 8.99. The van der Waals surface area contributed by atoms with E-state index in [0.717, 1.165) is 4.47 Å². The standard InChI is InChI=1S/C14H19BrN2O3S/c1-14(2,13(18)17-8-7-11(16)9-17)21(19,20)12-5-3-10(15)4-6-12/h3-6,11H,7-9,16H2,1-2H3/t11-/m0/s1. The second-order valence-corrected chi connectivity index (χ2v) is 9.18. The first-order valence-electron chi connectivity index (χ1n) is 6.71. The molecule has 2 N–H and O–H groups in total. The molecule has 1 amide bonds. The van der Waals surface area contributed by atoms with Gasteiger partial charge in [0.25, 0.3) is 0 Å². The number of halogens is 1. The summed E-state index contributed by atoms with van der Waals surface area (Å²) in [5.74, 6) is -0.390. The number of carbonyl (C=O) groups excluding carboxylic acids is 1. The van der Waals surface area contributed by atoms with Crippen LogP contribution in [0.5, 0.6) is 0 Å². The number of carbonyl (C=O) groups is 1. The molecule has 1 aromatic carbocycles. The predicted octanol–water partition coefficient (Wildman–Crippen LogP) is 1.56. The third-order valence-corrected chi connectivity index (χ3v) is 6.76. The van der Waals surface area contributed by atoms with Gasteiger partial charge in [0.05, 0.1) is 4.90 Å². The molecule has 2 rings (SSSR count). The van der Waals surface area contributed by atoms with Crippen molar-refractivity contribution in [1.29, 1.82) is 0 Å². The average Bonchev–Trinajstić information content (AvgIpc) is 2.84. The minimum Gasteiger partial charge on any atom is -0.340 e. The molecular formula is C14H19BrN2O3S. The van der Waals surface area contributed by atoms with Crippen molar-refractivity contribution >= 4 is 31.7 Å². The quantitative estimate of drug-likeness (QED) is 0.870. The molecule has 1 aliphatic rings. The monoisotopic (exact) mass is 374 g/mol. The lowest BCUT2D eigenvalue weighted by molar-refractivity contribution is -0.132. The van der Waals surface area contributed by atoms with Crippen LogP contribution in [0.1, 0.15) is 20.3 Å². The van der Waals surface area contributed by atoms with Crippen LogP contribution in [0.3, 0.4) is 0 Å². The van der Waals surface area contributed by atoms with Crippen LogP contribution in [0, 0.1) is 0 Å². The Balaban J connectivity index is 2.33. The second kappa shape index (κ2) is 5.70. The van der Waals surface area contributed by atoms with Crippen molar-refractivity contribution < 1.29 is 13.2 Å². The Labute approximate surface area is 133 Å². The minimum absolute atomic E-state index is 0.0693. The largest absolute Gasteiger partial charge is 0.340 e. The van der Waals surface area contributed by atoms with Gasteiger partial charge >= 0.3 is 0 Å². The lowest BCUT2D eigenvalue weighted by Crippen LogP contribution is -2.49. The van der Waals surface area contributed by atoms with Gasteiger partial charge in [-0.2, -0.15) is 0 Å². The zero-order valence-corrected chi connectivity index (χ0v) is 14.4. The topological polar surface area (TPSA) is 80.5 Å². The van der Waals surface area contributed by atoms with E-state index in [4.69, 9.17) is 5.73 Å². The molecule has 1 fully saturated rings. The van der Waals surface area contributed by atoms with E-state index in [1.165, 1.54) is 26.0 Å². The Morgan fingerprint density at radius 2 is 1.90 bits per heavy atom. The van der Waals surface area contributed by atoms with Crippen molar-refractivity contribution in [3.63, 3.8) is 0 Å². The molecule has 0 bridgehead atoms. The number of hydrogen-bond donors (Lipinski definition) is 1. The highest BCUT2D eigenvalue weighted by atomic mass is 79.9. The molecule has 1 heterocycles. The van der Waals surface area contributed by atoms with Crippen molar-refractivity contribution in [3.05, 3.63) is 28.7 Å². The zero-order chi connectivity index (χ0) is 15.8. The maximum Gasteiger partial charge on any atom is 0.243 e. The van der Waals surface area contributed by atoms with Gasteiger partial charge in [0.15, 0.2) is 9.84 Å². The molecule has 1 atom stereocenters. The second-order valence-electron chi connectivity index (χ2n) is 5.77. The smallest absolute Gasteiger partial charge is 0.243 e. The summed E-state index contributed by atoms with van der Waals surface area (Å²) in [6, 6.07) is 6.24. The van der Waals surface area contributed by atoms with Crippen LogP contribution in [0.15, 0.2) is 33.6 Å². The first kappa shape index (κ1) is 16.5. The third kappa shape index (κ3) is 3.00. The summed E-state index contributed by atoms with van der Waals surface area (Å²) < 4.78 is 24.8. The van der Waals surface area contributed by atoms with Crippen molar-refractivity contribution in [3.8, 4) is 0 Å². The highest BCUT2D eigenvalue weighted by Gasteiger charge is 2.46. The van der Waals surface area contributed by atoms with E-state index in [1.54, 1.807) is 17.0 Å². The molecule has 0 aromatic heterocycles. The van der Waals surface area contributed by atoms with Gasteiger partial charge < -0.3 is 10.6 Å². The summed E-state index contributed by atoms with van der Waals surface area (Å²) in [6.07, 6.45) is 0.708. The highest BCUT2D eigenvalue weighted by Crippen LogP contribution is 2.29. The SMILES string of the molecule is CC(C)(C(=O)N1CC[C@H](N)C1)S(=O)(=O)c1ccc(Br)cc1. The van der Waals surface area contributed by atoms with Gasteiger partial charge in [-0.15, -0.1) is 0 Å². The van der Waals surface area contributed by atoms with Crippen LogP contribution >= 0.6 is 15.9 Å².